The van der Waals surface area contributed by atoms with Crippen LogP contribution in [-0.4, -0.2) is 33.3 Å². The van der Waals surface area contributed by atoms with Crippen molar-refractivity contribution in [1.82, 2.24) is 9.88 Å². The van der Waals surface area contributed by atoms with E-state index in [0.717, 1.165) is 11.1 Å². The molecule has 1 atom stereocenters. The first-order valence-electron chi connectivity index (χ1n) is 10.6. The van der Waals surface area contributed by atoms with Crippen molar-refractivity contribution in [2.24, 2.45) is 0 Å². The molecule has 168 valence electrons. The standard InChI is InChI=1S/C26H23FN2O4/c1-3-33-21-11-8-19(13-16(21)2)24(30)22-23(18-6-9-20(27)10-7-18)29(26(32)25(22)31)15-17-5-4-12-28-14-17/h4-14,23,30H,3,15H2,1-2H3. The SMILES string of the molecule is CCOc1ccc(C(O)=C2C(=O)C(=O)N(Cc3cccnc3)C2c2ccc(F)cc2)cc1C. The van der Waals surface area contributed by atoms with Crippen LogP contribution in [0.3, 0.4) is 0 Å². The molecule has 1 amide bonds. The van der Waals surface area contributed by atoms with Gasteiger partial charge in [0.15, 0.2) is 0 Å². The number of ether oxygens (including phenoxy) is 1. The quantitative estimate of drug-likeness (QED) is 0.341. The first-order chi connectivity index (χ1) is 15.9. The van der Waals surface area contributed by atoms with Crippen molar-refractivity contribution in [3.05, 3.63) is 101 Å². The van der Waals surface area contributed by atoms with Crippen LogP contribution in [0.2, 0.25) is 0 Å². The van der Waals surface area contributed by atoms with E-state index in [1.165, 1.54) is 29.2 Å². The maximum Gasteiger partial charge on any atom is 0.295 e. The lowest BCUT2D eigenvalue weighted by molar-refractivity contribution is -0.140. The number of halogens is 1. The van der Waals surface area contributed by atoms with Crippen LogP contribution in [-0.2, 0) is 16.1 Å². The van der Waals surface area contributed by atoms with Crippen molar-refractivity contribution in [1.29, 1.82) is 0 Å². The molecule has 0 saturated carbocycles. The third-order valence-corrected chi connectivity index (χ3v) is 5.55. The van der Waals surface area contributed by atoms with Crippen LogP contribution >= 0.6 is 0 Å². The van der Waals surface area contributed by atoms with Gasteiger partial charge >= 0.3 is 0 Å². The number of amides is 1. The Labute approximate surface area is 191 Å². The van der Waals surface area contributed by atoms with Crippen molar-refractivity contribution in [2.45, 2.75) is 26.4 Å². The highest BCUT2D eigenvalue weighted by Gasteiger charge is 2.46. The molecule has 4 rings (SSSR count). The number of aromatic nitrogens is 1. The number of likely N-dealkylation sites (tertiary alicyclic amines) is 1. The van der Waals surface area contributed by atoms with Crippen molar-refractivity contribution >= 4 is 17.4 Å². The van der Waals surface area contributed by atoms with E-state index in [0.29, 0.717) is 23.5 Å². The van der Waals surface area contributed by atoms with Crippen LogP contribution in [0.15, 0.2) is 72.6 Å². The number of nitrogens with zero attached hydrogens (tertiary/aromatic N) is 2. The zero-order valence-electron chi connectivity index (χ0n) is 18.3. The molecule has 3 aromatic rings. The summed E-state index contributed by atoms with van der Waals surface area (Å²) >= 11 is 0. The Bertz CT molecular complexity index is 1220. The second-order valence-corrected chi connectivity index (χ2v) is 7.75. The van der Waals surface area contributed by atoms with Gasteiger partial charge in [0, 0.05) is 24.5 Å². The van der Waals surface area contributed by atoms with Gasteiger partial charge in [0.25, 0.3) is 11.7 Å². The van der Waals surface area contributed by atoms with Crippen molar-refractivity contribution < 1.29 is 23.8 Å². The molecule has 7 heteroatoms. The number of hydrogen-bond donors (Lipinski definition) is 1. The third kappa shape index (κ3) is 4.35. The average Bonchev–Trinajstić information content (AvgIpc) is 3.06. The number of hydrogen-bond acceptors (Lipinski definition) is 5. The second kappa shape index (κ2) is 9.24. The molecule has 1 fully saturated rings. The summed E-state index contributed by atoms with van der Waals surface area (Å²) in [7, 11) is 0. The summed E-state index contributed by atoms with van der Waals surface area (Å²) in [5.41, 5.74) is 2.37. The monoisotopic (exact) mass is 446 g/mol. The summed E-state index contributed by atoms with van der Waals surface area (Å²) in [6.07, 6.45) is 3.22. The predicted molar refractivity (Wildman–Crippen MR) is 121 cm³/mol. The van der Waals surface area contributed by atoms with Gasteiger partial charge < -0.3 is 14.7 Å². The second-order valence-electron chi connectivity index (χ2n) is 7.75. The Kier molecular flexibility index (Phi) is 6.22. The van der Waals surface area contributed by atoms with E-state index in [1.807, 2.05) is 13.8 Å². The molecule has 6 nitrogen and oxygen atoms in total. The van der Waals surface area contributed by atoms with E-state index in [2.05, 4.69) is 4.98 Å². The molecule has 1 aromatic heterocycles. The lowest BCUT2D eigenvalue weighted by atomic mass is 9.94. The Hall–Kier alpha value is -4.00. The highest BCUT2D eigenvalue weighted by atomic mass is 19.1. The van der Waals surface area contributed by atoms with E-state index in [1.54, 1.807) is 42.7 Å². The van der Waals surface area contributed by atoms with Gasteiger partial charge in [-0.15, -0.1) is 0 Å². The number of Topliss-reactive ketones (excluding diaryl/α,β-unsaturated/α-hetero) is 1. The number of aryl methyl sites for hydroxylation is 1. The molecular weight excluding hydrogens is 423 g/mol. The lowest BCUT2D eigenvalue weighted by Gasteiger charge is -2.25. The van der Waals surface area contributed by atoms with Crippen molar-refractivity contribution in [2.75, 3.05) is 6.61 Å². The lowest BCUT2D eigenvalue weighted by Crippen LogP contribution is -2.29. The van der Waals surface area contributed by atoms with Crippen molar-refractivity contribution in [3.8, 4) is 5.75 Å². The molecule has 2 heterocycles. The van der Waals surface area contributed by atoms with E-state index >= 15 is 0 Å². The highest BCUT2D eigenvalue weighted by molar-refractivity contribution is 6.46. The fraction of sp³-hybridized carbons (Fsp3) is 0.192. The van der Waals surface area contributed by atoms with Crippen LogP contribution in [0.4, 0.5) is 4.39 Å². The van der Waals surface area contributed by atoms with Gasteiger partial charge in [-0.3, -0.25) is 14.6 Å². The minimum absolute atomic E-state index is 0.0425. The first kappa shape index (κ1) is 22.2. The third-order valence-electron chi connectivity index (χ3n) is 5.55. The fourth-order valence-electron chi connectivity index (χ4n) is 3.99. The Balaban J connectivity index is 1.84. The summed E-state index contributed by atoms with van der Waals surface area (Å²) < 4.78 is 19.2. The Morgan fingerprint density at radius 3 is 2.55 bits per heavy atom. The minimum atomic E-state index is -0.877. The highest BCUT2D eigenvalue weighted by Crippen LogP contribution is 2.40. The van der Waals surface area contributed by atoms with Crippen LogP contribution in [0.25, 0.3) is 5.76 Å². The van der Waals surface area contributed by atoms with E-state index in [4.69, 9.17) is 4.74 Å². The molecule has 0 bridgehead atoms. The Morgan fingerprint density at radius 1 is 1.15 bits per heavy atom. The molecule has 1 aliphatic heterocycles. The zero-order valence-corrected chi connectivity index (χ0v) is 18.3. The predicted octanol–water partition coefficient (Wildman–Crippen LogP) is 4.55. The van der Waals surface area contributed by atoms with Gasteiger partial charge in [0.2, 0.25) is 0 Å². The average molecular weight is 446 g/mol. The molecular formula is C26H23FN2O4. The van der Waals surface area contributed by atoms with Gasteiger partial charge in [0.05, 0.1) is 18.2 Å². The first-order valence-corrected chi connectivity index (χ1v) is 10.6. The zero-order chi connectivity index (χ0) is 23.5. The molecule has 1 aliphatic rings. The summed E-state index contributed by atoms with van der Waals surface area (Å²) in [6.45, 7) is 4.32. The summed E-state index contributed by atoms with van der Waals surface area (Å²) in [6, 6.07) is 13.3. The topological polar surface area (TPSA) is 79.7 Å². The molecule has 0 radical (unpaired) electrons. The van der Waals surface area contributed by atoms with Gasteiger partial charge in [-0.1, -0.05) is 18.2 Å². The number of aliphatic hydroxyl groups excluding tert-OH is 1. The maximum absolute atomic E-state index is 13.6. The summed E-state index contributed by atoms with van der Waals surface area (Å²) in [4.78, 5) is 31.6. The molecule has 1 unspecified atom stereocenters. The van der Waals surface area contributed by atoms with Crippen molar-refractivity contribution in [3.63, 3.8) is 0 Å². The normalized spacial score (nSPS) is 17.4. The molecule has 2 aromatic carbocycles. The van der Waals surface area contributed by atoms with Gasteiger partial charge in [0.1, 0.15) is 17.3 Å². The molecule has 1 saturated heterocycles. The summed E-state index contributed by atoms with van der Waals surface area (Å²) in [5.74, 6) is -1.59. The molecule has 0 spiro atoms. The van der Waals surface area contributed by atoms with E-state index < -0.39 is 23.5 Å². The van der Waals surface area contributed by atoms with Crippen LogP contribution in [0.5, 0.6) is 5.75 Å². The number of carbonyl (C=O) groups is 2. The maximum atomic E-state index is 13.6. The fourth-order valence-corrected chi connectivity index (χ4v) is 3.99. The number of benzene rings is 2. The molecule has 33 heavy (non-hydrogen) atoms. The number of ketones is 1. The van der Waals surface area contributed by atoms with Crippen LogP contribution in [0, 0.1) is 12.7 Å². The van der Waals surface area contributed by atoms with Crippen LogP contribution in [0.1, 0.15) is 35.2 Å². The number of pyridine rings is 1. The number of carbonyl (C=O) groups excluding carboxylic acids is 2. The Morgan fingerprint density at radius 2 is 1.91 bits per heavy atom. The van der Waals surface area contributed by atoms with Gasteiger partial charge in [-0.05, 0) is 66.9 Å². The van der Waals surface area contributed by atoms with Crippen LogP contribution < -0.4 is 4.74 Å². The molecule has 0 aliphatic carbocycles. The van der Waals surface area contributed by atoms with Gasteiger partial charge in [-0.25, -0.2) is 4.39 Å². The van der Waals surface area contributed by atoms with E-state index in [9.17, 15) is 19.1 Å². The minimum Gasteiger partial charge on any atom is -0.507 e. The molecule has 1 N–H and O–H groups in total. The largest absolute Gasteiger partial charge is 0.507 e. The summed E-state index contributed by atoms with van der Waals surface area (Å²) in [5, 5.41) is 11.2. The number of rotatable bonds is 6. The number of aliphatic hydroxyl groups is 1. The van der Waals surface area contributed by atoms with Gasteiger partial charge in [-0.2, -0.15) is 0 Å². The van der Waals surface area contributed by atoms with E-state index in [-0.39, 0.29) is 17.9 Å². The smallest absolute Gasteiger partial charge is 0.295 e.